The van der Waals surface area contributed by atoms with Crippen LogP contribution in [0, 0.1) is 18.3 Å². The van der Waals surface area contributed by atoms with Crippen molar-refractivity contribution in [3.05, 3.63) is 98.7 Å². The third-order valence-corrected chi connectivity index (χ3v) is 6.26. The van der Waals surface area contributed by atoms with Crippen LogP contribution in [-0.4, -0.2) is 14.5 Å². The Balaban J connectivity index is 1.72. The van der Waals surface area contributed by atoms with E-state index < -0.39 is 0 Å². The average Bonchev–Trinajstić information content (AvgIpc) is 3.34. The molecular formula is C26H24N4OS. The topological polar surface area (TPSA) is 71.6 Å². The summed E-state index contributed by atoms with van der Waals surface area (Å²) in [4.78, 5) is 22.6. The predicted molar refractivity (Wildman–Crippen MR) is 128 cm³/mol. The van der Waals surface area contributed by atoms with Crippen molar-refractivity contribution >= 4 is 11.3 Å². The third kappa shape index (κ3) is 4.39. The second-order valence-corrected chi connectivity index (χ2v) is 8.55. The summed E-state index contributed by atoms with van der Waals surface area (Å²) in [6.45, 7) is 4.00. The number of rotatable bonds is 7. The van der Waals surface area contributed by atoms with E-state index in [1.54, 1.807) is 10.8 Å². The van der Waals surface area contributed by atoms with Gasteiger partial charge in [-0.1, -0.05) is 55.8 Å². The lowest BCUT2D eigenvalue weighted by Gasteiger charge is -2.14. The number of hydrogen-bond acceptors (Lipinski definition) is 5. The predicted octanol–water partition coefficient (Wildman–Crippen LogP) is 5.47. The highest BCUT2D eigenvalue weighted by Crippen LogP contribution is 2.24. The van der Waals surface area contributed by atoms with Crippen molar-refractivity contribution in [2.75, 3.05) is 0 Å². The monoisotopic (exact) mass is 440 g/mol. The molecule has 4 rings (SSSR count). The molecule has 0 N–H and O–H groups in total. The maximum absolute atomic E-state index is 13.5. The smallest absolute Gasteiger partial charge is 0.263 e. The molecule has 0 amide bonds. The molecule has 0 atom stereocenters. The molecule has 6 heteroatoms. The third-order valence-electron chi connectivity index (χ3n) is 5.50. The molecule has 0 aliphatic heterocycles. The zero-order chi connectivity index (χ0) is 22.5. The Kier molecular flexibility index (Phi) is 6.58. The minimum absolute atomic E-state index is 0.0440. The van der Waals surface area contributed by atoms with E-state index in [1.165, 1.54) is 11.3 Å². The summed E-state index contributed by atoms with van der Waals surface area (Å²) in [6.07, 6.45) is 5.03. The summed E-state index contributed by atoms with van der Waals surface area (Å²) in [6, 6.07) is 17.9. The minimum Gasteiger partial charge on any atom is -0.268 e. The van der Waals surface area contributed by atoms with Crippen LogP contribution in [0.5, 0.6) is 0 Å². The zero-order valence-corrected chi connectivity index (χ0v) is 19.0. The van der Waals surface area contributed by atoms with E-state index in [4.69, 9.17) is 4.98 Å². The highest BCUT2D eigenvalue weighted by molar-refractivity contribution is 7.12. The van der Waals surface area contributed by atoms with Crippen LogP contribution < -0.4 is 5.56 Å². The summed E-state index contributed by atoms with van der Waals surface area (Å²) in [7, 11) is 0. The highest BCUT2D eigenvalue weighted by atomic mass is 32.1. The Hall–Kier alpha value is -3.56. The fraction of sp³-hybridized carbons (Fsp3) is 0.231. The fourth-order valence-corrected chi connectivity index (χ4v) is 4.52. The maximum atomic E-state index is 13.5. The Morgan fingerprint density at radius 3 is 2.59 bits per heavy atom. The van der Waals surface area contributed by atoms with Gasteiger partial charge in [-0.3, -0.25) is 4.79 Å². The molecular weight excluding hydrogens is 416 g/mol. The van der Waals surface area contributed by atoms with Crippen molar-refractivity contribution in [3.8, 4) is 22.3 Å². The van der Waals surface area contributed by atoms with E-state index in [9.17, 15) is 10.1 Å². The van der Waals surface area contributed by atoms with Crippen LogP contribution in [0.2, 0.25) is 0 Å². The number of nitriles is 1. The van der Waals surface area contributed by atoms with E-state index in [0.717, 1.165) is 47.2 Å². The summed E-state index contributed by atoms with van der Waals surface area (Å²) < 4.78 is 1.62. The lowest BCUT2D eigenvalue weighted by molar-refractivity contribution is 0.732. The quantitative estimate of drug-likeness (QED) is 0.382. The van der Waals surface area contributed by atoms with Crippen LogP contribution in [-0.2, 0) is 12.8 Å². The largest absolute Gasteiger partial charge is 0.268 e. The number of benzene rings is 2. The molecule has 0 fully saturated rings. The van der Waals surface area contributed by atoms with Crippen LogP contribution in [0.4, 0.5) is 0 Å². The molecule has 0 radical (unpaired) electrons. The van der Waals surface area contributed by atoms with Crippen molar-refractivity contribution < 1.29 is 0 Å². The molecule has 2 aromatic heterocycles. The fourth-order valence-electron chi connectivity index (χ4n) is 3.84. The SMILES string of the molecule is CCCCc1nc(C)n(-c2nccs2)c(=O)c1Cc1ccc(-c2ccccc2C#N)cc1. The van der Waals surface area contributed by atoms with Gasteiger partial charge < -0.3 is 0 Å². The first-order chi connectivity index (χ1) is 15.6. The summed E-state index contributed by atoms with van der Waals surface area (Å²) >= 11 is 1.43. The maximum Gasteiger partial charge on any atom is 0.263 e. The van der Waals surface area contributed by atoms with Crippen molar-refractivity contribution in [1.82, 2.24) is 14.5 Å². The normalized spacial score (nSPS) is 10.8. The van der Waals surface area contributed by atoms with Crippen molar-refractivity contribution in [3.63, 3.8) is 0 Å². The molecule has 0 saturated carbocycles. The molecule has 0 bridgehead atoms. The number of unbranched alkanes of at least 4 members (excludes halogenated alkanes) is 1. The van der Waals surface area contributed by atoms with Crippen LogP contribution in [0.3, 0.4) is 0 Å². The summed E-state index contributed by atoms with van der Waals surface area (Å²) in [5.74, 6) is 0.670. The Morgan fingerprint density at radius 2 is 1.91 bits per heavy atom. The van der Waals surface area contributed by atoms with Crippen LogP contribution >= 0.6 is 11.3 Å². The lowest BCUT2D eigenvalue weighted by atomic mass is 9.97. The molecule has 32 heavy (non-hydrogen) atoms. The zero-order valence-electron chi connectivity index (χ0n) is 18.2. The summed E-state index contributed by atoms with van der Waals surface area (Å²) in [5.41, 5.74) is 5.14. The van der Waals surface area contributed by atoms with Gasteiger partial charge in [0.2, 0.25) is 0 Å². The molecule has 2 heterocycles. The van der Waals surface area contributed by atoms with Crippen LogP contribution in [0.1, 0.15) is 48.0 Å². The second-order valence-electron chi connectivity index (χ2n) is 7.67. The average molecular weight is 441 g/mol. The van der Waals surface area contributed by atoms with Gasteiger partial charge in [-0.15, -0.1) is 11.3 Å². The van der Waals surface area contributed by atoms with Gasteiger partial charge in [0.15, 0.2) is 5.13 Å². The molecule has 4 aromatic rings. The molecule has 5 nitrogen and oxygen atoms in total. The Labute approximate surface area is 191 Å². The van der Waals surface area contributed by atoms with Gasteiger partial charge in [-0.2, -0.15) is 5.26 Å². The van der Waals surface area contributed by atoms with E-state index in [-0.39, 0.29) is 5.56 Å². The van der Waals surface area contributed by atoms with Gasteiger partial charge in [0.1, 0.15) is 5.82 Å². The number of aromatic nitrogens is 3. The van der Waals surface area contributed by atoms with E-state index in [1.807, 2.05) is 60.8 Å². The molecule has 160 valence electrons. The standard InChI is InChI=1S/C26H24N4OS/c1-3-4-9-24-23(25(31)30(18(2)29-24)26-28-14-15-32-26)16-19-10-12-20(13-11-19)22-8-6-5-7-21(22)17-27/h5-8,10-15H,3-4,9,16H2,1-2H3. The van der Waals surface area contributed by atoms with Gasteiger partial charge in [0.25, 0.3) is 5.56 Å². The molecule has 0 spiro atoms. The van der Waals surface area contributed by atoms with Crippen molar-refractivity contribution in [2.45, 2.75) is 39.5 Å². The van der Waals surface area contributed by atoms with Crippen molar-refractivity contribution in [2.24, 2.45) is 0 Å². The van der Waals surface area contributed by atoms with Crippen LogP contribution in [0.15, 0.2) is 64.9 Å². The van der Waals surface area contributed by atoms with Crippen LogP contribution in [0.25, 0.3) is 16.3 Å². The van der Waals surface area contributed by atoms with Gasteiger partial charge >= 0.3 is 0 Å². The molecule has 0 aliphatic carbocycles. The van der Waals surface area contributed by atoms with Gasteiger partial charge in [0, 0.05) is 23.6 Å². The summed E-state index contributed by atoms with van der Waals surface area (Å²) in [5, 5.41) is 11.9. The van der Waals surface area contributed by atoms with E-state index in [2.05, 4.69) is 18.0 Å². The highest BCUT2D eigenvalue weighted by Gasteiger charge is 2.17. The minimum atomic E-state index is -0.0440. The Morgan fingerprint density at radius 1 is 1.12 bits per heavy atom. The first-order valence-corrected chi connectivity index (χ1v) is 11.6. The number of hydrogen-bond donors (Lipinski definition) is 0. The molecule has 0 unspecified atom stereocenters. The first kappa shape index (κ1) is 21.7. The number of aryl methyl sites for hydroxylation is 2. The van der Waals surface area contributed by atoms with Gasteiger partial charge in [-0.25, -0.2) is 14.5 Å². The lowest BCUT2D eigenvalue weighted by Crippen LogP contribution is -2.28. The van der Waals surface area contributed by atoms with E-state index >= 15 is 0 Å². The van der Waals surface area contributed by atoms with Gasteiger partial charge in [-0.05, 0) is 42.5 Å². The molecule has 2 aromatic carbocycles. The first-order valence-electron chi connectivity index (χ1n) is 10.7. The number of nitrogens with zero attached hydrogens (tertiary/aromatic N) is 4. The van der Waals surface area contributed by atoms with Gasteiger partial charge in [0.05, 0.1) is 17.3 Å². The van der Waals surface area contributed by atoms with Crippen molar-refractivity contribution in [1.29, 1.82) is 5.26 Å². The second kappa shape index (κ2) is 9.71. The molecule has 0 aliphatic rings. The molecule has 0 saturated heterocycles. The Bertz CT molecular complexity index is 1320. The van der Waals surface area contributed by atoms with E-state index in [0.29, 0.717) is 22.9 Å². The number of thiazole rings is 1.